The van der Waals surface area contributed by atoms with E-state index in [1.165, 1.54) is 0 Å². The van der Waals surface area contributed by atoms with Crippen molar-refractivity contribution in [3.63, 3.8) is 0 Å². The monoisotopic (exact) mass is 214 g/mol. The van der Waals surface area contributed by atoms with Gasteiger partial charge in [0.25, 0.3) is 0 Å². The summed E-state index contributed by atoms with van der Waals surface area (Å²) in [6.07, 6.45) is 1.83. The second-order valence-electron chi connectivity index (χ2n) is 3.64. The van der Waals surface area contributed by atoms with Gasteiger partial charge in [-0.25, -0.2) is 0 Å². The third-order valence-corrected chi connectivity index (χ3v) is 2.48. The van der Waals surface area contributed by atoms with Crippen molar-refractivity contribution < 1.29 is 4.74 Å². The van der Waals surface area contributed by atoms with Crippen LogP contribution in [0.4, 0.5) is 5.69 Å². The molecule has 1 aromatic carbocycles. The van der Waals surface area contributed by atoms with Crippen molar-refractivity contribution in [3.8, 4) is 16.9 Å². The molecule has 0 aliphatic rings. The molecule has 1 aromatic heterocycles. The maximum absolute atomic E-state index is 5.96. The van der Waals surface area contributed by atoms with Crippen LogP contribution in [0, 0.1) is 6.92 Å². The first-order valence-electron chi connectivity index (χ1n) is 5.07. The smallest absolute Gasteiger partial charge is 0.120 e. The number of hydrogen-bond donors (Lipinski definition) is 1. The second-order valence-corrected chi connectivity index (χ2v) is 3.64. The molecule has 2 rings (SSSR count). The summed E-state index contributed by atoms with van der Waals surface area (Å²) in [5.74, 6) is 0.765. The molecular weight excluding hydrogens is 200 g/mol. The lowest BCUT2D eigenvalue weighted by Gasteiger charge is -2.07. The van der Waals surface area contributed by atoms with Gasteiger partial charge in [-0.15, -0.1) is 0 Å². The normalized spacial score (nSPS) is 10.1. The van der Waals surface area contributed by atoms with Crippen LogP contribution in [0.5, 0.6) is 5.75 Å². The highest BCUT2D eigenvalue weighted by Crippen LogP contribution is 2.28. The number of nitrogen functional groups attached to an aromatic ring is 1. The van der Waals surface area contributed by atoms with Crippen LogP contribution >= 0.6 is 0 Å². The van der Waals surface area contributed by atoms with E-state index in [0.717, 1.165) is 22.6 Å². The molecule has 0 radical (unpaired) electrons. The number of methoxy groups -OCH3 is 1. The van der Waals surface area contributed by atoms with Gasteiger partial charge in [0.15, 0.2) is 0 Å². The maximum atomic E-state index is 5.96. The van der Waals surface area contributed by atoms with Crippen molar-refractivity contribution >= 4 is 5.69 Å². The van der Waals surface area contributed by atoms with E-state index in [2.05, 4.69) is 4.98 Å². The van der Waals surface area contributed by atoms with Gasteiger partial charge < -0.3 is 10.5 Å². The number of nitrogens with two attached hydrogens (primary N) is 1. The van der Waals surface area contributed by atoms with Crippen LogP contribution in [-0.2, 0) is 0 Å². The molecule has 3 nitrogen and oxygen atoms in total. The van der Waals surface area contributed by atoms with Crippen LogP contribution in [0.1, 0.15) is 5.69 Å². The van der Waals surface area contributed by atoms with Crippen molar-refractivity contribution in [2.45, 2.75) is 6.92 Å². The Labute approximate surface area is 94.9 Å². The zero-order valence-electron chi connectivity index (χ0n) is 9.40. The van der Waals surface area contributed by atoms with E-state index in [1.54, 1.807) is 7.11 Å². The average molecular weight is 214 g/mol. The highest BCUT2D eigenvalue weighted by atomic mass is 16.5. The van der Waals surface area contributed by atoms with E-state index < -0.39 is 0 Å². The molecule has 3 heteroatoms. The Morgan fingerprint density at radius 2 is 2.00 bits per heavy atom. The molecule has 0 aliphatic carbocycles. The molecule has 0 fully saturated rings. The largest absolute Gasteiger partial charge is 0.497 e. The van der Waals surface area contributed by atoms with Crippen LogP contribution in [-0.4, -0.2) is 12.1 Å². The lowest BCUT2D eigenvalue weighted by atomic mass is 10.1. The van der Waals surface area contributed by atoms with Crippen molar-refractivity contribution in [1.29, 1.82) is 0 Å². The van der Waals surface area contributed by atoms with Crippen molar-refractivity contribution in [2.75, 3.05) is 12.8 Å². The molecule has 16 heavy (non-hydrogen) atoms. The van der Waals surface area contributed by atoms with Gasteiger partial charge in [0.1, 0.15) is 5.75 Å². The van der Waals surface area contributed by atoms with E-state index in [0.29, 0.717) is 5.69 Å². The third-order valence-electron chi connectivity index (χ3n) is 2.48. The van der Waals surface area contributed by atoms with E-state index in [-0.39, 0.29) is 0 Å². The van der Waals surface area contributed by atoms with Crippen LogP contribution < -0.4 is 10.5 Å². The minimum absolute atomic E-state index is 0.699. The van der Waals surface area contributed by atoms with Gasteiger partial charge in [-0.2, -0.15) is 0 Å². The summed E-state index contributed by atoms with van der Waals surface area (Å²) in [5.41, 5.74) is 9.65. The van der Waals surface area contributed by atoms with E-state index in [1.807, 2.05) is 43.5 Å². The fourth-order valence-electron chi connectivity index (χ4n) is 1.56. The van der Waals surface area contributed by atoms with Crippen molar-refractivity contribution in [1.82, 2.24) is 4.98 Å². The molecule has 0 saturated carbocycles. The number of hydrogen-bond acceptors (Lipinski definition) is 3. The molecule has 0 aliphatic heterocycles. The van der Waals surface area contributed by atoms with Crippen LogP contribution in [0.3, 0.4) is 0 Å². The number of aromatic nitrogens is 1. The lowest BCUT2D eigenvalue weighted by Crippen LogP contribution is -1.92. The molecule has 0 atom stereocenters. The van der Waals surface area contributed by atoms with Gasteiger partial charge in [-0.1, -0.05) is 6.07 Å². The molecular formula is C13H14N2O. The summed E-state index contributed by atoms with van der Waals surface area (Å²) in [7, 11) is 1.63. The van der Waals surface area contributed by atoms with Crippen molar-refractivity contribution in [2.24, 2.45) is 0 Å². The van der Waals surface area contributed by atoms with Gasteiger partial charge in [0.05, 0.1) is 7.11 Å². The predicted molar refractivity (Wildman–Crippen MR) is 65.4 cm³/mol. The molecule has 82 valence electrons. The SMILES string of the molecule is COc1ccc(-c2ccc(C)nc2)c(N)c1. The predicted octanol–water partition coefficient (Wildman–Crippen LogP) is 2.65. The first kappa shape index (κ1) is 10.5. The van der Waals surface area contributed by atoms with Gasteiger partial charge in [-0.3, -0.25) is 4.98 Å². The highest BCUT2D eigenvalue weighted by molar-refractivity contribution is 5.76. The number of pyridine rings is 1. The highest BCUT2D eigenvalue weighted by Gasteiger charge is 2.04. The number of aryl methyl sites for hydroxylation is 1. The first-order valence-corrected chi connectivity index (χ1v) is 5.07. The first-order chi connectivity index (χ1) is 7.70. The van der Waals surface area contributed by atoms with E-state index in [9.17, 15) is 0 Å². The van der Waals surface area contributed by atoms with Gasteiger partial charge in [-0.05, 0) is 25.1 Å². The standard InChI is InChI=1S/C13H14N2O/c1-9-3-4-10(8-15-9)12-6-5-11(16-2)7-13(12)14/h3-8H,14H2,1-2H3. The van der Waals surface area contributed by atoms with Crippen LogP contribution in [0.15, 0.2) is 36.5 Å². The Hall–Kier alpha value is -2.03. The average Bonchev–Trinajstić information content (AvgIpc) is 2.30. The van der Waals surface area contributed by atoms with Crippen molar-refractivity contribution in [3.05, 3.63) is 42.2 Å². The third kappa shape index (κ3) is 1.98. The Morgan fingerprint density at radius 3 is 2.56 bits per heavy atom. The molecule has 0 saturated heterocycles. The quantitative estimate of drug-likeness (QED) is 0.782. The summed E-state index contributed by atoms with van der Waals surface area (Å²) in [6.45, 7) is 1.96. The van der Waals surface area contributed by atoms with Gasteiger partial charge in [0.2, 0.25) is 0 Å². The number of nitrogens with zero attached hydrogens (tertiary/aromatic N) is 1. The van der Waals surface area contributed by atoms with Crippen LogP contribution in [0.2, 0.25) is 0 Å². The minimum Gasteiger partial charge on any atom is -0.497 e. The topological polar surface area (TPSA) is 48.1 Å². The van der Waals surface area contributed by atoms with E-state index in [4.69, 9.17) is 10.5 Å². The molecule has 2 aromatic rings. The number of rotatable bonds is 2. The van der Waals surface area contributed by atoms with Gasteiger partial charge >= 0.3 is 0 Å². The maximum Gasteiger partial charge on any atom is 0.120 e. The lowest BCUT2D eigenvalue weighted by molar-refractivity contribution is 0.415. The van der Waals surface area contributed by atoms with Crippen LogP contribution in [0.25, 0.3) is 11.1 Å². The Balaban J connectivity index is 2.44. The van der Waals surface area contributed by atoms with Gasteiger partial charge in [0, 0.05) is 34.8 Å². The number of anilines is 1. The molecule has 0 unspecified atom stereocenters. The molecule has 1 heterocycles. The van der Waals surface area contributed by atoms with E-state index >= 15 is 0 Å². The minimum atomic E-state index is 0.699. The fourth-order valence-corrected chi connectivity index (χ4v) is 1.56. The Kier molecular flexibility index (Phi) is 2.77. The zero-order chi connectivity index (χ0) is 11.5. The Morgan fingerprint density at radius 1 is 1.19 bits per heavy atom. The fraction of sp³-hybridized carbons (Fsp3) is 0.154. The molecule has 0 bridgehead atoms. The summed E-state index contributed by atoms with van der Waals surface area (Å²) < 4.78 is 5.11. The molecule has 2 N–H and O–H groups in total. The molecule has 0 amide bonds. The number of benzene rings is 1. The second kappa shape index (κ2) is 4.23. The summed E-state index contributed by atoms with van der Waals surface area (Å²) >= 11 is 0. The Bertz CT molecular complexity index is 492. The summed E-state index contributed by atoms with van der Waals surface area (Å²) in [5, 5.41) is 0. The zero-order valence-corrected chi connectivity index (χ0v) is 9.40. The number of ether oxygens (including phenoxy) is 1. The molecule has 0 spiro atoms. The summed E-state index contributed by atoms with van der Waals surface area (Å²) in [4.78, 5) is 4.25. The summed E-state index contributed by atoms with van der Waals surface area (Å²) in [6, 6.07) is 9.64.